The molecule has 0 spiro atoms. The Labute approximate surface area is 167 Å². The third-order valence-electron chi connectivity index (χ3n) is 4.51. The van der Waals surface area contributed by atoms with Crippen molar-refractivity contribution in [2.75, 3.05) is 7.05 Å². The predicted octanol–water partition coefficient (Wildman–Crippen LogP) is 2.35. The fraction of sp³-hybridized carbons (Fsp3) is 0.588. The lowest BCUT2D eigenvalue weighted by molar-refractivity contribution is 0.581. The first-order valence-electron chi connectivity index (χ1n) is 8.65. The molecule has 3 rings (SSSR count). The summed E-state index contributed by atoms with van der Waals surface area (Å²) in [5.41, 5.74) is 1.02. The Balaban J connectivity index is 0.00000225. The summed E-state index contributed by atoms with van der Waals surface area (Å²) in [5.74, 6) is 0.800. The van der Waals surface area contributed by atoms with Crippen LogP contribution in [0, 0.1) is 0 Å². The Kier molecular flexibility index (Phi) is 7.51. The van der Waals surface area contributed by atoms with Gasteiger partial charge in [-0.3, -0.25) is 4.99 Å². The average Bonchev–Trinajstić information content (AvgIpc) is 3.23. The predicted molar refractivity (Wildman–Crippen MR) is 111 cm³/mol. The van der Waals surface area contributed by atoms with Crippen LogP contribution in [-0.2, 0) is 16.6 Å². The molecule has 0 heterocycles. The van der Waals surface area contributed by atoms with Gasteiger partial charge in [0, 0.05) is 25.7 Å². The maximum absolute atomic E-state index is 12.1. The van der Waals surface area contributed by atoms with Gasteiger partial charge in [0.15, 0.2) is 5.96 Å². The Hall–Kier alpha value is -0.870. The van der Waals surface area contributed by atoms with Crippen molar-refractivity contribution in [3.8, 4) is 0 Å². The van der Waals surface area contributed by atoms with Crippen molar-refractivity contribution in [1.29, 1.82) is 0 Å². The smallest absolute Gasteiger partial charge is 0.240 e. The van der Waals surface area contributed by atoms with Crippen molar-refractivity contribution >= 4 is 40.0 Å². The molecule has 2 fully saturated rings. The molecular formula is C17H27IN4O2S. The number of halogens is 1. The molecule has 2 aliphatic rings. The minimum Gasteiger partial charge on any atom is -0.354 e. The molecule has 140 valence electrons. The van der Waals surface area contributed by atoms with Crippen LogP contribution in [0.3, 0.4) is 0 Å². The second-order valence-corrected chi connectivity index (χ2v) is 8.30. The van der Waals surface area contributed by atoms with Gasteiger partial charge >= 0.3 is 0 Å². The Morgan fingerprint density at radius 1 is 1.08 bits per heavy atom. The van der Waals surface area contributed by atoms with Gasteiger partial charge < -0.3 is 10.6 Å². The molecule has 0 atom stereocenters. The summed E-state index contributed by atoms with van der Waals surface area (Å²) in [6.45, 7) is 0.614. The maximum atomic E-state index is 12.1. The Morgan fingerprint density at radius 2 is 1.72 bits per heavy atom. The zero-order valence-corrected chi connectivity index (χ0v) is 17.6. The molecule has 1 aromatic carbocycles. The van der Waals surface area contributed by atoms with Crippen molar-refractivity contribution in [1.82, 2.24) is 15.4 Å². The van der Waals surface area contributed by atoms with Gasteiger partial charge in [-0.2, -0.15) is 0 Å². The Morgan fingerprint density at radius 3 is 2.28 bits per heavy atom. The fourth-order valence-electron chi connectivity index (χ4n) is 2.92. The van der Waals surface area contributed by atoms with Crippen LogP contribution in [0.25, 0.3) is 0 Å². The van der Waals surface area contributed by atoms with E-state index in [9.17, 15) is 8.42 Å². The van der Waals surface area contributed by atoms with E-state index in [2.05, 4.69) is 20.3 Å². The first kappa shape index (κ1) is 20.4. The molecule has 2 saturated carbocycles. The summed E-state index contributed by atoms with van der Waals surface area (Å²) in [6, 6.07) is 7.65. The minimum atomic E-state index is -3.37. The standard InChI is InChI=1S/C17H26N4O2S.HI/c1-18-17(20-14-4-2-3-5-14)19-12-13-6-10-16(11-7-13)24(22,23)21-15-8-9-15;/h6-7,10-11,14-15,21H,2-5,8-9,12H2,1H3,(H2,18,19,20);1H. The van der Waals surface area contributed by atoms with E-state index >= 15 is 0 Å². The first-order valence-corrected chi connectivity index (χ1v) is 10.1. The number of sulfonamides is 1. The SMILES string of the molecule is CN=C(NCc1ccc(S(=O)(=O)NC2CC2)cc1)NC1CCCC1.I. The quantitative estimate of drug-likeness (QED) is 0.333. The zero-order valence-electron chi connectivity index (χ0n) is 14.5. The summed E-state index contributed by atoms with van der Waals surface area (Å²) in [6.07, 6.45) is 6.82. The second-order valence-electron chi connectivity index (χ2n) is 6.59. The monoisotopic (exact) mass is 478 g/mol. The third-order valence-corrected chi connectivity index (χ3v) is 6.05. The summed E-state index contributed by atoms with van der Waals surface area (Å²) >= 11 is 0. The largest absolute Gasteiger partial charge is 0.354 e. The van der Waals surface area contributed by atoms with Crippen LogP contribution in [0.5, 0.6) is 0 Å². The average molecular weight is 478 g/mol. The van der Waals surface area contributed by atoms with Crippen molar-refractivity contribution in [2.24, 2.45) is 4.99 Å². The molecule has 2 aliphatic carbocycles. The molecular weight excluding hydrogens is 451 g/mol. The molecule has 0 bridgehead atoms. The topological polar surface area (TPSA) is 82.6 Å². The van der Waals surface area contributed by atoms with Crippen molar-refractivity contribution < 1.29 is 8.42 Å². The van der Waals surface area contributed by atoms with Crippen molar-refractivity contribution in [3.05, 3.63) is 29.8 Å². The maximum Gasteiger partial charge on any atom is 0.240 e. The number of guanidine groups is 1. The lowest BCUT2D eigenvalue weighted by Crippen LogP contribution is -2.41. The summed E-state index contributed by atoms with van der Waals surface area (Å²) in [7, 11) is -1.60. The van der Waals surface area contributed by atoms with Crippen LogP contribution < -0.4 is 15.4 Å². The molecule has 0 aliphatic heterocycles. The molecule has 6 nitrogen and oxygen atoms in total. The van der Waals surface area contributed by atoms with Gasteiger partial charge in [0.25, 0.3) is 0 Å². The van der Waals surface area contributed by atoms with E-state index in [0.717, 1.165) is 24.4 Å². The van der Waals surface area contributed by atoms with Gasteiger partial charge in [0.1, 0.15) is 0 Å². The van der Waals surface area contributed by atoms with E-state index in [1.54, 1.807) is 19.2 Å². The number of aliphatic imine (C=N–C) groups is 1. The third kappa shape index (κ3) is 6.10. The summed E-state index contributed by atoms with van der Waals surface area (Å²) < 4.78 is 27.0. The van der Waals surface area contributed by atoms with E-state index in [4.69, 9.17) is 0 Å². The van der Waals surface area contributed by atoms with Gasteiger partial charge in [-0.15, -0.1) is 24.0 Å². The molecule has 1 aromatic rings. The molecule has 3 N–H and O–H groups in total. The highest BCUT2D eigenvalue weighted by molar-refractivity contribution is 14.0. The van der Waals surface area contributed by atoms with Crippen LogP contribution in [-0.4, -0.2) is 33.5 Å². The van der Waals surface area contributed by atoms with E-state index < -0.39 is 10.0 Å². The van der Waals surface area contributed by atoms with Crippen LogP contribution in [0.1, 0.15) is 44.1 Å². The normalized spacial score (nSPS) is 18.7. The van der Waals surface area contributed by atoms with E-state index in [0.29, 0.717) is 17.5 Å². The number of nitrogens with one attached hydrogen (secondary N) is 3. The lowest BCUT2D eigenvalue weighted by atomic mass is 10.2. The van der Waals surface area contributed by atoms with E-state index in [-0.39, 0.29) is 30.0 Å². The zero-order chi connectivity index (χ0) is 17.0. The number of benzene rings is 1. The summed E-state index contributed by atoms with van der Waals surface area (Å²) in [5, 5.41) is 6.72. The highest BCUT2D eigenvalue weighted by Gasteiger charge is 2.27. The van der Waals surface area contributed by atoms with Gasteiger partial charge in [-0.25, -0.2) is 13.1 Å². The summed E-state index contributed by atoms with van der Waals surface area (Å²) in [4.78, 5) is 4.58. The molecule has 0 saturated heterocycles. The molecule has 8 heteroatoms. The van der Waals surface area contributed by atoms with Crippen LogP contribution in [0.4, 0.5) is 0 Å². The second kappa shape index (κ2) is 9.18. The highest BCUT2D eigenvalue weighted by Crippen LogP contribution is 2.22. The van der Waals surface area contributed by atoms with Crippen molar-refractivity contribution in [2.45, 2.75) is 62.0 Å². The molecule has 0 unspecified atom stereocenters. The number of rotatable bonds is 6. The van der Waals surface area contributed by atoms with Crippen LogP contribution in [0.15, 0.2) is 34.2 Å². The van der Waals surface area contributed by atoms with Gasteiger partial charge in [0.05, 0.1) is 4.90 Å². The van der Waals surface area contributed by atoms with Gasteiger partial charge in [0.2, 0.25) is 10.0 Å². The van der Waals surface area contributed by atoms with E-state index in [1.165, 1.54) is 25.7 Å². The molecule has 0 amide bonds. The van der Waals surface area contributed by atoms with Gasteiger partial charge in [-0.05, 0) is 43.4 Å². The number of nitrogens with zero attached hydrogens (tertiary/aromatic N) is 1. The Bertz CT molecular complexity index is 681. The molecule has 0 radical (unpaired) electrons. The highest BCUT2D eigenvalue weighted by atomic mass is 127. The fourth-order valence-corrected chi connectivity index (χ4v) is 4.22. The minimum absolute atomic E-state index is 0. The van der Waals surface area contributed by atoms with E-state index in [1.807, 2.05) is 12.1 Å². The molecule has 0 aromatic heterocycles. The van der Waals surface area contributed by atoms with Crippen LogP contribution >= 0.6 is 24.0 Å². The van der Waals surface area contributed by atoms with Crippen molar-refractivity contribution in [3.63, 3.8) is 0 Å². The first-order chi connectivity index (χ1) is 11.6. The lowest BCUT2D eigenvalue weighted by Gasteiger charge is -2.17. The number of hydrogen-bond acceptors (Lipinski definition) is 3. The van der Waals surface area contributed by atoms with Crippen LogP contribution in [0.2, 0.25) is 0 Å². The number of hydrogen-bond donors (Lipinski definition) is 3. The van der Waals surface area contributed by atoms with Gasteiger partial charge in [-0.1, -0.05) is 25.0 Å². The molecule has 25 heavy (non-hydrogen) atoms.